The molecule has 0 aliphatic heterocycles. The van der Waals surface area contributed by atoms with Gasteiger partial charge >= 0.3 is 0 Å². The molecule has 0 amide bonds. The van der Waals surface area contributed by atoms with Crippen molar-refractivity contribution in [1.29, 1.82) is 0 Å². The van der Waals surface area contributed by atoms with Gasteiger partial charge in [0.1, 0.15) is 0 Å². The highest BCUT2D eigenvalue weighted by Gasteiger charge is 2.13. The van der Waals surface area contributed by atoms with Crippen LogP contribution in [0, 0.1) is 0 Å². The maximum atomic E-state index is 6.49. The van der Waals surface area contributed by atoms with E-state index in [0.29, 0.717) is 12.1 Å². The van der Waals surface area contributed by atoms with Crippen molar-refractivity contribution >= 4 is 0 Å². The lowest BCUT2D eigenvalue weighted by atomic mass is 9.99. The van der Waals surface area contributed by atoms with Gasteiger partial charge in [0.15, 0.2) is 0 Å². The molecular weight excluding hydrogens is 476 g/mol. The highest BCUT2D eigenvalue weighted by atomic mass is 15.0. The molecule has 39 heavy (non-hydrogen) atoms. The Labute approximate surface area is 247 Å². The fourth-order valence-corrected chi connectivity index (χ4v) is 5.90. The van der Waals surface area contributed by atoms with Crippen LogP contribution in [0.2, 0.25) is 0 Å². The lowest BCUT2D eigenvalue weighted by Gasteiger charge is -2.24. The van der Waals surface area contributed by atoms with Crippen LogP contribution in [0.25, 0.3) is 0 Å². The number of hydrogen-bond donors (Lipinski definition) is 4. The summed E-state index contributed by atoms with van der Waals surface area (Å²) in [6.45, 7) is 5.36. The van der Waals surface area contributed by atoms with E-state index in [1.165, 1.54) is 154 Å². The summed E-state index contributed by atoms with van der Waals surface area (Å²) in [6.07, 6.45) is 38.9. The Morgan fingerprint density at radius 2 is 0.769 bits per heavy atom. The maximum Gasteiger partial charge on any atom is 0.0548 e. The molecule has 4 nitrogen and oxygen atoms in total. The SMILES string of the molecule is CCCCCCCCCCCCCCC(N)CCC(N)NC(CCCN)CCCCCCCCCCCCC. The summed E-state index contributed by atoms with van der Waals surface area (Å²) in [5.74, 6) is 0. The van der Waals surface area contributed by atoms with Crippen molar-refractivity contribution in [2.45, 2.75) is 218 Å². The average Bonchev–Trinajstić information content (AvgIpc) is 2.93. The van der Waals surface area contributed by atoms with E-state index >= 15 is 0 Å². The quantitative estimate of drug-likeness (QED) is 0.0481. The molecule has 0 aromatic rings. The molecule has 0 aliphatic rings. The highest BCUT2D eigenvalue weighted by Crippen LogP contribution is 2.16. The molecule has 0 bridgehead atoms. The summed E-state index contributed by atoms with van der Waals surface area (Å²) < 4.78 is 0. The fourth-order valence-electron chi connectivity index (χ4n) is 5.90. The Hall–Kier alpha value is -0.160. The van der Waals surface area contributed by atoms with Crippen molar-refractivity contribution in [3.8, 4) is 0 Å². The van der Waals surface area contributed by atoms with Gasteiger partial charge in [-0.05, 0) is 45.1 Å². The Balaban J connectivity index is 3.73. The van der Waals surface area contributed by atoms with Crippen molar-refractivity contribution in [2.75, 3.05) is 6.54 Å². The first-order valence-corrected chi connectivity index (χ1v) is 18.1. The van der Waals surface area contributed by atoms with Crippen molar-refractivity contribution in [3.05, 3.63) is 0 Å². The van der Waals surface area contributed by atoms with Crippen LogP contribution in [0.5, 0.6) is 0 Å². The van der Waals surface area contributed by atoms with Gasteiger partial charge in [0.05, 0.1) is 6.17 Å². The molecule has 0 fully saturated rings. The monoisotopic (exact) mass is 553 g/mol. The van der Waals surface area contributed by atoms with Crippen LogP contribution in [0.4, 0.5) is 0 Å². The lowest BCUT2D eigenvalue weighted by molar-refractivity contribution is 0.350. The molecule has 0 aliphatic carbocycles. The summed E-state index contributed by atoms with van der Waals surface area (Å²) in [5, 5.41) is 3.72. The molecule has 0 radical (unpaired) electrons. The molecule has 0 rings (SSSR count). The molecular formula is C35H76N4. The minimum atomic E-state index is 0.0634. The van der Waals surface area contributed by atoms with Gasteiger partial charge in [0.25, 0.3) is 0 Å². The van der Waals surface area contributed by atoms with Crippen molar-refractivity contribution in [3.63, 3.8) is 0 Å². The molecule has 0 aromatic carbocycles. The minimum Gasteiger partial charge on any atom is -0.330 e. The van der Waals surface area contributed by atoms with Gasteiger partial charge in [-0.25, -0.2) is 0 Å². The molecule has 0 saturated carbocycles. The van der Waals surface area contributed by atoms with E-state index in [2.05, 4.69) is 19.2 Å². The maximum absolute atomic E-state index is 6.49. The fraction of sp³-hybridized carbons (Fsp3) is 1.00. The molecule has 0 saturated heterocycles. The van der Waals surface area contributed by atoms with E-state index in [0.717, 1.165) is 38.6 Å². The average molecular weight is 553 g/mol. The zero-order chi connectivity index (χ0) is 28.7. The van der Waals surface area contributed by atoms with Crippen LogP contribution < -0.4 is 22.5 Å². The van der Waals surface area contributed by atoms with E-state index in [9.17, 15) is 0 Å². The third kappa shape index (κ3) is 30.6. The number of rotatable bonds is 33. The van der Waals surface area contributed by atoms with Crippen LogP contribution in [-0.4, -0.2) is 24.8 Å². The summed E-state index contributed by atoms with van der Waals surface area (Å²) in [6, 6.07) is 0.810. The first-order valence-electron chi connectivity index (χ1n) is 18.1. The van der Waals surface area contributed by atoms with Gasteiger partial charge in [-0.1, -0.05) is 162 Å². The summed E-state index contributed by atoms with van der Waals surface area (Å²) in [7, 11) is 0. The van der Waals surface area contributed by atoms with E-state index in [-0.39, 0.29) is 6.17 Å². The Morgan fingerprint density at radius 1 is 0.410 bits per heavy atom. The van der Waals surface area contributed by atoms with Gasteiger partial charge in [-0.2, -0.15) is 0 Å². The topological polar surface area (TPSA) is 90.1 Å². The number of nitrogens with one attached hydrogen (secondary N) is 1. The van der Waals surface area contributed by atoms with Crippen LogP contribution in [0.1, 0.15) is 200 Å². The van der Waals surface area contributed by atoms with Gasteiger partial charge in [-0.3, -0.25) is 5.32 Å². The highest BCUT2D eigenvalue weighted by molar-refractivity contribution is 4.74. The second kappa shape index (κ2) is 32.4. The van der Waals surface area contributed by atoms with E-state index < -0.39 is 0 Å². The van der Waals surface area contributed by atoms with Gasteiger partial charge in [0, 0.05) is 12.1 Å². The van der Waals surface area contributed by atoms with Crippen molar-refractivity contribution in [1.82, 2.24) is 5.32 Å². The number of nitrogens with two attached hydrogens (primary N) is 3. The minimum absolute atomic E-state index is 0.0634. The molecule has 3 atom stereocenters. The van der Waals surface area contributed by atoms with Crippen LogP contribution in [0.3, 0.4) is 0 Å². The summed E-state index contributed by atoms with van der Waals surface area (Å²) in [4.78, 5) is 0. The van der Waals surface area contributed by atoms with Crippen molar-refractivity contribution in [2.24, 2.45) is 17.2 Å². The number of unbranched alkanes of at least 4 members (excludes halogenated alkanes) is 21. The molecule has 0 heterocycles. The van der Waals surface area contributed by atoms with Gasteiger partial charge in [-0.15, -0.1) is 0 Å². The zero-order valence-electron chi connectivity index (χ0n) is 27.2. The third-order valence-electron chi connectivity index (χ3n) is 8.64. The van der Waals surface area contributed by atoms with E-state index in [1.54, 1.807) is 0 Å². The summed E-state index contributed by atoms with van der Waals surface area (Å²) in [5.41, 5.74) is 18.7. The Bertz CT molecular complexity index is 444. The Kier molecular flexibility index (Phi) is 32.2. The number of hydrogen-bond acceptors (Lipinski definition) is 4. The van der Waals surface area contributed by atoms with Crippen LogP contribution >= 0.6 is 0 Å². The second-order valence-corrected chi connectivity index (χ2v) is 12.7. The van der Waals surface area contributed by atoms with Crippen LogP contribution in [0.15, 0.2) is 0 Å². The predicted molar refractivity (Wildman–Crippen MR) is 177 cm³/mol. The lowest BCUT2D eigenvalue weighted by Crippen LogP contribution is -2.45. The normalized spacial score (nSPS) is 14.1. The summed E-state index contributed by atoms with van der Waals surface area (Å²) >= 11 is 0. The molecule has 3 unspecified atom stereocenters. The van der Waals surface area contributed by atoms with Gasteiger partial charge < -0.3 is 17.2 Å². The molecule has 236 valence electrons. The standard InChI is InChI=1S/C35H76N4/c1-3-5-7-9-11-13-15-17-18-20-22-24-27-33(37)30-31-35(38)39-34(29-26-32-36)28-25-23-21-19-16-14-12-10-8-6-4-2/h33-35,39H,3-32,36-38H2,1-2H3. The van der Waals surface area contributed by atoms with E-state index in [4.69, 9.17) is 17.2 Å². The van der Waals surface area contributed by atoms with Crippen molar-refractivity contribution < 1.29 is 0 Å². The third-order valence-corrected chi connectivity index (χ3v) is 8.64. The molecule has 7 N–H and O–H groups in total. The van der Waals surface area contributed by atoms with E-state index in [1.807, 2.05) is 0 Å². The smallest absolute Gasteiger partial charge is 0.0548 e. The largest absolute Gasteiger partial charge is 0.330 e. The first kappa shape index (κ1) is 38.8. The van der Waals surface area contributed by atoms with Gasteiger partial charge in [0.2, 0.25) is 0 Å². The second-order valence-electron chi connectivity index (χ2n) is 12.7. The molecule has 0 aromatic heterocycles. The molecule has 4 heteroatoms. The zero-order valence-corrected chi connectivity index (χ0v) is 27.2. The first-order chi connectivity index (χ1) is 19.1. The molecule has 0 spiro atoms. The van der Waals surface area contributed by atoms with Crippen LogP contribution in [-0.2, 0) is 0 Å². The predicted octanol–water partition coefficient (Wildman–Crippen LogP) is 9.87. The Morgan fingerprint density at radius 3 is 1.18 bits per heavy atom.